The predicted octanol–water partition coefficient (Wildman–Crippen LogP) is 3.15. The van der Waals surface area contributed by atoms with Crippen molar-refractivity contribution in [2.24, 2.45) is 0 Å². The molecule has 1 saturated carbocycles. The van der Waals surface area contributed by atoms with E-state index in [0.29, 0.717) is 12.0 Å². The van der Waals surface area contributed by atoms with E-state index >= 15 is 0 Å². The third-order valence-corrected chi connectivity index (χ3v) is 2.56. The van der Waals surface area contributed by atoms with E-state index in [4.69, 9.17) is 0 Å². The van der Waals surface area contributed by atoms with Crippen LogP contribution in [-0.2, 0) is 11.0 Å². The van der Waals surface area contributed by atoms with E-state index in [0.717, 1.165) is 25.0 Å². The molecule has 1 aromatic carbocycles. The summed E-state index contributed by atoms with van der Waals surface area (Å²) in [5.41, 5.74) is 0.146. The summed E-state index contributed by atoms with van der Waals surface area (Å²) in [5, 5.41) is 2.26. The highest BCUT2D eigenvalue weighted by molar-refractivity contribution is 5.72. The van der Waals surface area contributed by atoms with Gasteiger partial charge < -0.3 is 5.32 Å². The van der Waals surface area contributed by atoms with Gasteiger partial charge in [0.15, 0.2) is 0 Å². The van der Waals surface area contributed by atoms with Gasteiger partial charge in [0, 0.05) is 5.69 Å². The van der Waals surface area contributed by atoms with Crippen LogP contribution in [0.2, 0.25) is 0 Å². The van der Waals surface area contributed by atoms with Crippen molar-refractivity contribution in [3.05, 3.63) is 29.3 Å². The first-order chi connectivity index (χ1) is 7.50. The monoisotopic (exact) mass is 229 g/mol. The van der Waals surface area contributed by atoms with Crippen molar-refractivity contribution in [2.45, 2.75) is 24.9 Å². The van der Waals surface area contributed by atoms with Crippen LogP contribution >= 0.6 is 0 Å². The Morgan fingerprint density at radius 3 is 2.44 bits per heavy atom. The molecule has 0 heterocycles. The van der Waals surface area contributed by atoms with E-state index in [1.165, 1.54) is 0 Å². The van der Waals surface area contributed by atoms with Crippen molar-refractivity contribution in [1.82, 2.24) is 0 Å². The lowest BCUT2D eigenvalue weighted by Crippen LogP contribution is -2.07. The number of amides is 1. The highest BCUT2D eigenvalue weighted by Gasteiger charge is 2.33. The molecule has 1 aliphatic rings. The minimum Gasteiger partial charge on any atom is -0.329 e. The minimum absolute atomic E-state index is 0.201. The molecule has 16 heavy (non-hydrogen) atoms. The summed E-state index contributed by atoms with van der Waals surface area (Å²) in [6, 6.07) is 3.70. The van der Waals surface area contributed by atoms with Crippen LogP contribution in [0.3, 0.4) is 0 Å². The fraction of sp³-hybridized carbons (Fsp3) is 0.364. The Morgan fingerprint density at radius 2 is 1.94 bits per heavy atom. The lowest BCUT2D eigenvalue weighted by Gasteiger charge is -2.11. The first-order valence-electron chi connectivity index (χ1n) is 4.93. The lowest BCUT2D eigenvalue weighted by molar-refractivity contribution is -0.137. The number of anilines is 1. The summed E-state index contributed by atoms with van der Waals surface area (Å²) in [6.45, 7) is 0. The number of nitrogens with one attached hydrogen (secondary N) is 1. The van der Waals surface area contributed by atoms with Gasteiger partial charge in [-0.25, -0.2) is 0 Å². The molecule has 0 radical (unpaired) electrons. The van der Waals surface area contributed by atoms with Crippen LogP contribution in [0.25, 0.3) is 0 Å². The van der Waals surface area contributed by atoms with Crippen molar-refractivity contribution in [3.63, 3.8) is 0 Å². The number of benzene rings is 1. The molecule has 1 aliphatic carbocycles. The third kappa shape index (κ3) is 2.35. The second-order valence-corrected chi connectivity index (χ2v) is 3.88. The second kappa shape index (κ2) is 3.81. The molecule has 1 N–H and O–H groups in total. The second-order valence-electron chi connectivity index (χ2n) is 3.88. The predicted molar refractivity (Wildman–Crippen MR) is 53.1 cm³/mol. The average Bonchev–Trinajstić information content (AvgIpc) is 2.99. The molecule has 1 amide bonds. The summed E-state index contributed by atoms with van der Waals surface area (Å²) >= 11 is 0. The van der Waals surface area contributed by atoms with Gasteiger partial charge in [-0.15, -0.1) is 0 Å². The molecule has 0 aromatic heterocycles. The summed E-state index contributed by atoms with van der Waals surface area (Å²) < 4.78 is 37.7. The summed E-state index contributed by atoms with van der Waals surface area (Å²) in [7, 11) is 0. The fourth-order valence-electron chi connectivity index (χ4n) is 1.62. The van der Waals surface area contributed by atoms with Crippen LogP contribution in [0.5, 0.6) is 0 Å². The van der Waals surface area contributed by atoms with Crippen molar-refractivity contribution >= 4 is 12.1 Å². The van der Waals surface area contributed by atoms with E-state index in [-0.39, 0.29) is 11.6 Å². The van der Waals surface area contributed by atoms with E-state index in [9.17, 15) is 18.0 Å². The number of hydrogen-bond acceptors (Lipinski definition) is 1. The molecule has 2 nitrogen and oxygen atoms in total. The summed E-state index contributed by atoms with van der Waals surface area (Å²) in [5.74, 6) is 0.217. The van der Waals surface area contributed by atoms with Crippen LogP contribution < -0.4 is 5.32 Å². The number of rotatable bonds is 3. The van der Waals surface area contributed by atoms with Gasteiger partial charge >= 0.3 is 6.18 Å². The van der Waals surface area contributed by atoms with Crippen LogP contribution in [-0.4, -0.2) is 6.41 Å². The third-order valence-electron chi connectivity index (χ3n) is 2.56. The van der Waals surface area contributed by atoms with Gasteiger partial charge in [0.1, 0.15) is 0 Å². The largest absolute Gasteiger partial charge is 0.416 e. The molecule has 0 unspecified atom stereocenters. The molecular formula is C11H10F3NO. The maximum atomic E-state index is 12.6. The average molecular weight is 229 g/mol. The summed E-state index contributed by atoms with van der Waals surface area (Å²) in [6.07, 6.45) is -2.15. The van der Waals surface area contributed by atoms with E-state index < -0.39 is 11.7 Å². The molecule has 0 bridgehead atoms. The lowest BCUT2D eigenvalue weighted by atomic mass is 10.1. The molecule has 0 saturated heterocycles. The molecule has 2 rings (SSSR count). The van der Waals surface area contributed by atoms with E-state index in [2.05, 4.69) is 5.32 Å². The molecule has 1 aromatic rings. The fourth-order valence-corrected chi connectivity index (χ4v) is 1.62. The van der Waals surface area contributed by atoms with Crippen molar-refractivity contribution in [3.8, 4) is 0 Å². The molecule has 5 heteroatoms. The maximum absolute atomic E-state index is 12.6. The van der Waals surface area contributed by atoms with Crippen LogP contribution in [0, 0.1) is 0 Å². The zero-order valence-electron chi connectivity index (χ0n) is 8.34. The molecule has 0 atom stereocenters. The van der Waals surface area contributed by atoms with Crippen LogP contribution in [0.15, 0.2) is 18.2 Å². The number of hydrogen-bond donors (Lipinski definition) is 1. The topological polar surface area (TPSA) is 29.1 Å². The van der Waals surface area contributed by atoms with Gasteiger partial charge in [-0.05, 0) is 42.5 Å². The number of carbonyl (C=O) groups excluding carboxylic acids is 1. The molecular weight excluding hydrogens is 219 g/mol. The number of carbonyl (C=O) groups is 1. The van der Waals surface area contributed by atoms with Crippen molar-refractivity contribution < 1.29 is 18.0 Å². The Labute approximate surface area is 90.5 Å². The highest BCUT2D eigenvalue weighted by atomic mass is 19.4. The Kier molecular flexibility index (Phi) is 2.61. The summed E-state index contributed by atoms with van der Waals surface area (Å²) in [4.78, 5) is 10.2. The maximum Gasteiger partial charge on any atom is 0.416 e. The van der Waals surface area contributed by atoms with Gasteiger partial charge in [0.25, 0.3) is 0 Å². The van der Waals surface area contributed by atoms with Crippen molar-refractivity contribution in [1.29, 1.82) is 0 Å². The Balaban J connectivity index is 2.40. The smallest absolute Gasteiger partial charge is 0.329 e. The normalized spacial score (nSPS) is 15.9. The zero-order chi connectivity index (χ0) is 11.8. The zero-order valence-corrected chi connectivity index (χ0v) is 8.34. The van der Waals surface area contributed by atoms with Gasteiger partial charge in [-0.1, -0.05) is 0 Å². The Morgan fingerprint density at radius 1 is 1.25 bits per heavy atom. The molecule has 1 fully saturated rings. The molecule has 0 spiro atoms. The SMILES string of the molecule is O=CNc1cc(C2CC2)cc(C(F)(F)F)c1. The van der Waals surface area contributed by atoms with Crippen LogP contribution in [0.1, 0.15) is 29.9 Å². The quantitative estimate of drug-likeness (QED) is 0.792. The first-order valence-corrected chi connectivity index (χ1v) is 4.93. The van der Waals surface area contributed by atoms with Gasteiger partial charge in [0.05, 0.1) is 5.56 Å². The standard InChI is InChI=1S/C11H10F3NO/c12-11(13,14)9-3-8(7-1-2-7)4-10(5-9)15-6-16/h3-7H,1-2H2,(H,15,16). The van der Waals surface area contributed by atoms with E-state index in [1.807, 2.05) is 0 Å². The molecule has 86 valence electrons. The number of halogens is 3. The highest BCUT2D eigenvalue weighted by Crippen LogP contribution is 2.43. The Hall–Kier alpha value is -1.52. The molecule has 0 aliphatic heterocycles. The van der Waals surface area contributed by atoms with Gasteiger partial charge in [0.2, 0.25) is 6.41 Å². The van der Waals surface area contributed by atoms with E-state index in [1.54, 1.807) is 6.07 Å². The first kappa shape index (κ1) is 11.0. The van der Waals surface area contributed by atoms with Crippen LogP contribution in [0.4, 0.5) is 18.9 Å². The number of alkyl halides is 3. The minimum atomic E-state index is -4.37. The van der Waals surface area contributed by atoms with Gasteiger partial charge in [-0.2, -0.15) is 13.2 Å². The van der Waals surface area contributed by atoms with Crippen molar-refractivity contribution in [2.75, 3.05) is 5.32 Å². The van der Waals surface area contributed by atoms with Gasteiger partial charge in [-0.3, -0.25) is 4.79 Å². The Bertz CT molecular complexity index is 410.